The summed E-state index contributed by atoms with van der Waals surface area (Å²) < 4.78 is 2.03. The Bertz CT molecular complexity index is 951. The van der Waals surface area contributed by atoms with Crippen molar-refractivity contribution in [1.29, 1.82) is 0 Å². The van der Waals surface area contributed by atoms with E-state index < -0.39 is 0 Å². The van der Waals surface area contributed by atoms with Gasteiger partial charge in [-0.15, -0.1) is 0 Å². The molecule has 2 aromatic heterocycles. The lowest BCUT2D eigenvalue weighted by Crippen LogP contribution is -2.38. The third-order valence-electron chi connectivity index (χ3n) is 5.48. The molecule has 1 aliphatic rings. The zero-order valence-corrected chi connectivity index (χ0v) is 16.9. The third kappa shape index (κ3) is 5.01. The third-order valence-corrected chi connectivity index (χ3v) is 5.84. The number of benzene rings is 1. The molecule has 1 N–H and O–H groups in total. The lowest BCUT2D eigenvalue weighted by Gasteiger charge is -2.29. The Morgan fingerprint density at radius 2 is 1.97 bits per heavy atom. The van der Waals surface area contributed by atoms with Crippen LogP contribution < -0.4 is 5.32 Å². The summed E-state index contributed by atoms with van der Waals surface area (Å²) in [5.74, 6) is 0.0948. The van der Waals surface area contributed by atoms with E-state index in [0.717, 1.165) is 47.5 Å². The van der Waals surface area contributed by atoms with Crippen LogP contribution in [0, 0.1) is 0 Å². The smallest absolute Gasteiger partial charge is 0.220 e. The fourth-order valence-corrected chi connectivity index (χ4v) is 4.08. The number of halogens is 1. The monoisotopic (exact) mass is 409 g/mol. The second-order valence-electron chi connectivity index (χ2n) is 7.46. The first-order valence-corrected chi connectivity index (χ1v) is 10.4. The first kappa shape index (κ1) is 19.6. The average Bonchev–Trinajstić information content (AvgIpc) is 3.25. The van der Waals surface area contributed by atoms with Crippen molar-refractivity contribution in [3.63, 3.8) is 0 Å². The highest BCUT2D eigenvalue weighted by Crippen LogP contribution is 2.29. The van der Waals surface area contributed by atoms with Crippen molar-refractivity contribution in [2.45, 2.75) is 50.6 Å². The minimum absolute atomic E-state index is 0.0948. The number of hydrogen-bond donors (Lipinski definition) is 1. The van der Waals surface area contributed by atoms with Gasteiger partial charge in [0.2, 0.25) is 5.91 Å². The van der Waals surface area contributed by atoms with Gasteiger partial charge in [-0.25, -0.2) is 0 Å². The van der Waals surface area contributed by atoms with Gasteiger partial charge in [-0.05, 0) is 43.7 Å². The van der Waals surface area contributed by atoms with Crippen LogP contribution in [0.2, 0.25) is 5.02 Å². The summed E-state index contributed by atoms with van der Waals surface area (Å²) in [7, 11) is 0. The minimum atomic E-state index is 0.0948. The second-order valence-corrected chi connectivity index (χ2v) is 7.87. The lowest BCUT2D eigenvalue weighted by molar-refractivity contribution is -0.122. The molecule has 0 unspecified atom stereocenters. The standard InChI is InChI=1S/C22H24ClN5O/c23-20-4-2-1-3-16(20)5-10-22(29)27-18-6-8-19(9-7-18)28-15-17(13-26-28)21-14-24-11-12-25-21/h1-4,11-15,18-19H,5-10H2,(H,27,29). The summed E-state index contributed by atoms with van der Waals surface area (Å²) in [6.45, 7) is 0. The summed E-state index contributed by atoms with van der Waals surface area (Å²) in [5.41, 5.74) is 2.83. The van der Waals surface area contributed by atoms with Crippen molar-refractivity contribution in [2.24, 2.45) is 0 Å². The highest BCUT2D eigenvalue weighted by atomic mass is 35.5. The molecular weight excluding hydrogens is 386 g/mol. The predicted octanol–water partition coefficient (Wildman–Crippen LogP) is 4.23. The first-order chi connectivity index (χ1) is 14.2. The predicted molar refractivity (Wildman–Crippen MR) is 112 cm³/mol. The van der Waals surface area contributed by atoms with Gasteiger partial charge in [0.25, 0.3) is 0 Å². The van der Waals surface area contributed by atoms with Crippen LogP contribution in [0.1, 0.15) is 43.7 Å². The molecule has 0 bridgehead atoms. The Morgan fingerprint density at radius 1 is 1.14 bits per heavy atom. The Kier molecular flexibility index (Phi) is 6.20. The second kappa shape index (κ2) is 9.18. The summed E-state index contributed by atoms with van der Waals surface area (Å²) in [5, 5.41) is 8.43. The van der Waals surface area contributed by atoms with Crippen LogP contribution >= 0.6 is 11.6 Å². The van der Waals surface area contributed by atoms with E-state index in [0.29, 0.717) is 18.9 Å². The molecular formula is C22H24ClN5O. The molecule has 1 amide bonds. The van der Waals surface area contributed by atoms with Crippen LogP contribution in [0.4, 0.5) is 0 Å². The quantitative estimate of drug-likeness (QED) is 0.661. The van der Waals surface area contributed by atoms with Gasteiger partial charge in [0, 0.05) is 41.6 Å². The molecule has 0 radical (unpaired) electrons. The van der Waals surface area contributed by atoms with Crippen molar-refractivity contribution >= 4 is 17.5 Å². The Morgan fingerprint density at radius 3 is 2.72 bits per heavy atom. The van der Waals surface area contributed by atoms with Crippen molar-refractivity contribution in [1.82, 2.24) is 25.1 Å². The highest BCUT2D eigenvalue weighted by Gasteiger charge is 2.24. The Hall–Kier alpha value is -2.73. The van der Waals surface area contributed by atoms with Crippen molar-refractivity contribution < 1.29 is 4.79 Å². The van der Waals surface area contributed by atoms with Gasteiger partial charge >= 0.3 is 0 Å². The number of aromatic nitrogens is 4. The van der Waals surface area contributed by atoms with Crippen molar-refractivity contribution in [3.05, 3.63) is 65.8 Å². The molecule has 29 heavy (non-hydrogen) atoms. The van der Waals surface area contributed by atoms with Crippen LogP contribution in [0.5, 0.6) is 0 Å². The number of aryl methyl sites for hydroxylation is 1. The van der Waals surface area contributed by atoms with Crippen LogP contribution in [0.25, 0.3) is 11.3 Å². The van der Waals surface area contributed by atoms with E-state index in [4.69, 9.17) is 11.6 Å². The molecule has 150 valence electrons. The maximum absolute atomic E-state index is 12.3. The lowest BCUT2D eigenvalue weighted by atomic mass is 9.91. The molecule has 4 rings (SSSR count). The molecule has 7 heteroatoms. The average molecular weight is 410 g/mol. The zero-order valence-electron chi connectivity index (χ0n) is 16.2. The van der Waals surface area contributed by atoms with E-state index in [1.807, 2.05) is 41.3 Å². The summed E-state index contributed by atoms with van der Waals surface area (Å²) in [4.78, 5) is 20.8. The summed E-state index contributed by atoms with van der Waals surface area (Å²) in [6, 6.07) is 8.28. The van der Waals surface area contributed by atoms with Gasteiger partial charge in [0.05, 0.1) is 24.1 Å². The van der Waals surface area contributed by atoms with Gasteiger partial charge in [-0.3, -0.25) is 19.4 Å². The molecule has 0 atom stereocenters. The SMILES string of the molecule is O=C(CCc1ccccc1Cl)NC1CCC(n2cc(-c3cnccn3)cn2)CC1. The van der Waals surface area contributed by atoms with Crippen LogP contribution in [-0.4, -0.2) is 31.7 Å². The maximum atomic E-state index is 12.3. The number of carbonyl (C=O) groups is 1. The molecule has 3 aromatic rings. The van der Waals surface area contributed by atoms with Crippen molar-refractivity contribution in [2.75, 3.05) is 0 Å². The van der Waals surface area contributed by atoms with Gasteiger partial charge in [0.15, 0.2) is 0 Å². The molecule has 6 nitrogen and oxygen atoms in total. The summed E-state index contributed by atoms with van der Waals surface area (Å²) >= 11 is 6.17. The normalized spacial score (nSPS) is 19.1. The Balaban J connectivity index is 1.25. The molecule has 1 fully saturated rings. The van der Waals surface area contributed by atoms with E-state index in [9.17, 15) is 4.79 Å². The van der Waals surface area contributed by atoms with Gasteiger partial charge < -0.3 is 5.32 Å². The number of nitrogens with one attached hydrogen (secondary N) is 1. The van der Waals surface area contributed by atoms with Crippen LogP contribution in [-0.2, 0) is 11.2 Å². The first-order valence-electron chi connectivity index (χ1n) is 10.0. The zero-order chi connectivity index (χ0) is 20.1. The van der Waals surface area contributed by atoms with E-state index in [1.54, 1.807) is 18.6 Å². The number of rotatable bonds is 6. The summed E-state index contributed by atoms with van der Waals surface area (Å²) in [6.07, 6.45) is 14.0. The molecule has 1 saturated carbocycles. The molecule has 2 heterocycles. The number of amides is 1. The van der Waals surface area contributed by atoms with Crippen LogP contribution in [0.15, 0.2) is 55.2 Å². The molecule has 0 aliphatic heterocycles. The van der Waals surface area contributed by atoms with E-state index in [2.05, 4.69) is 20.4 Å². The number of carbonyl (C=O) groups excluding carboxylic acids is 1. The maximum Gasteiger partial charge on any atom is 0.220 e. The molecule has 1 aliphatic carbocycles. The van der Waals surface area contributed by atoms with Gasteiger partial charge in [-0.2, -0.15) is 5.10 Å². The Labute approximate surface area is 175 Å². The van der Waals surface area contributed by atoms with Crippen LogP contribution in [0.3, 0.4) is 0 Å². The van der Waals surface area contributed by atoms with Gasteiger partial charge in [-0.1, -0.05) is 29.8 Å². The van der Waals surface area contributed by atoms with Gasteiger partial charge in [0.1, 0.15) is 0 Å². The topological polar surface area (TPSA) is 72.7 Å². The number of hydrogen-bond acceptors (Lipinski definition) is 4. The van der Waals surface area contributed by atoms with E-state index in [1.165, 1.54) is 0 Å². The molecule has 0 saturated heterocycles. The fraction of sp³-hybridized carbons (Fsp3) is 0.364. The number of nitrogens with zero attached hydrogens (tertiary/aromatic N) is 4. The minimum Gasteiger partial charge on any atom is -0.353 e. The molecule has 0 spiro atoms. The van der Waals surface area contributed by atoms with Crippen molar-refractivity contribution in [3.8, 4) is 11.3 Å². The van der Waals surface area contributed by atoms with E-state index in [-0.39, 0.29) is 11.9 Å². The molecule has 1 aromatic carbocycles. The van der Waals surface area contributed by atoms with E-state index >= 15 is 0 Å². The highest BCUT2D eigenvalue weighted by molar-refractivity contribution is 6.31. The fourth-order valence-electron chi connectivity index (χ4n) is 3.85. The largest absolute Gasteiger partial charge is 0.353 e.